The summed E-state index contributed by atoms with van der Waals surface area (Å²) in [6.45, 7) is 4.81. The smallest absolute Gasteiger partial charge is 0.223 e. The van der Waals surface area contributed by atoms with Crippen LogP contribution in [0, 0.1) is 13.8 Å². The fourth-order valence-corrected chi connectivity index (χ4v) is 2.81. The number of para-hydroxylation sites is 2. The first-order chi connectivity index (χ1) is 12.6. The van der Waals surface area contributed by atoms with E-state index in [4.69, 9.17) is 4.74 Å². The molecule has 0 aliphatic heterocycles. The molecule has 5 heteroatoms. The van der Waals surface area contributed by atoms with Gasteiger partial charge in [0.2, 0.25) is 5.91 Å². The Morgan fingerprint density at radius 2 is 1.69 bits per heavy atom. The summed E-state index contributed by atoms with van der Waals surface area (Å²) in [5.41, 5.74) is 4.02. The van der Waals surface area contributed by atoms with Crippen molar-refractivity contribution in [1.82, 2.24) is 15.1 Å². The molecule has 0 unspecified atom stereocenters. The van der Waals surface area contributed by atoms with Crippen LogP contribution in [0.2, 0.25) is 0 Å². The van der Waals surface area contributed by atoms with Crippen LogP contribution in [-0.2, 0) is 11.3 Å². The first-order valence-electron chi connectivity index (χ1n) is 8.70. The number of ether oxygens (including phenoxy) is 1. The number of aryl methyl sites for hydroxylation is 1. The van der Waals surface area contributed by atoms with E-state index in [9.17, 15) is 4.79 Å². The van der Waals surface area contributed by atoms with E-state index in [-0.39, 0.29) is 5.91 Å². The quantitative estimate of drug-likeness (QED) is 0.709. The lowest BCUT2D eigenvalue weighted by Crippen LogP contribution is -2.25. The van der Waals surface area contributed by atoms with Crippen LogP contribution in [0.3, 0.4) is 0 Å². The lowest BCUT2D eigenvalue weighted by Gasteiger charge is -2.08. The van der Waals surface area contributed by atoms with Crippen molar-refractivity contribution >= 4 is 5.91 Å². The van der Waals surface area contributed by atoms with Crippen LogP contribution in [0.25, 0.3) is 5.69 Å². The van der Waals surface area contributed by atoms with Crippen LogP contribution in [0.5, 0.6) is 5.75 Å². The van der Waals surface area contributed by atoms with Gasteiger partial charge < -0.3 is 10.1 Å². The molecule has 1 aromatic heterocycles. The Labute approximate surface area is 153 Å². The minimum atomic E-state index is -0.0350. The minimum Gasteiger partial charge on any atom is -0.493 e. The van der Waals surface area contributed by atoms with E-state index in [0.29, 0.717) is 19.6 Å². The predicted octanol–water partition coefficient (Wildman–Crippen LogP) is 3.57. The minimum absolute atomic E-state index is 0.0350. The van der Waals surface area contributed by atoms with Crippen molar-refractivity contribution in [3.63, 3.8) is 0 Å². The average Bonchev–Trinajstić information content (AvgIpc) is 2.95. The van der Waals surface area contributed by atoms with Gasteiger partial charge in [-0.25, -0.2) is 4.68 Å². The maximum atomic E-state index is 12.1. The Hall–Kier alpha value is -3.08. The molecule has 0 aliphatic carbocycles. The van der Waals surface area contributed by atoms with E-state index in [1.165, 1.54) is 0 Å². The topological polar surface area (TPSA) is 56.2 Å². The van der Waals surface area contributed by atoms with Gasteiger partial charge in [-0.3, -0.25) is 4.79 Å². The van der Waals surface area contributed by atoms with Crippen molar-refractivity contribution in [2.45, 2.75) is 26.8 Å². The van der Waals surface area contributed by atoms with Crippen LogP contribution in [0.15, 0.2) is 60.7 Å². The number of nitrogens with one attached hydrogen (secondary N) is 1. The standard InChI is InChI=1S/C21H23N3O2/c1-16-20(17(2)24(23-16)18-9-5-3-6-10-18)15-22-21(25)13-14-26-19-11-7-4-8-12-19/h3-12H,13-15H2,1-2H3,(H,22,25). The second-order valence-corrected chi connectivity index (χ2v) is 6.08. The summed E-state index contributed by atoms with van der Waals surface area (Å²) in [6.07, 6.45) is 0.319. The summed E-state index contributed by atoms with van der Waals surface area (Å²) in [7, 11) is 0. The Balaban J connectivity index is 1.54. The van der Waals surface area contributed by atoms with Crippen molar-refractivity contribution in [1.29, 1.82) is 0 Å². The van der Waals surface area contributed by atoms with Crippen molar-refractivity contribution in [2.75, 3.05) is 6.61 Å². The van der Waals surface area contributed by atoms with Crippen molar-refractivity contribution in [3.05, 3.63) is 77.6 Å². The van der Waals surface area contributed by atoms with E-state index in [0.717, 1.165) is 28.4 Å². The third kappa shape index (κ3) is 4.30. The molecule has 3 aromatic rings. The molecule has 0 aliphatic rings. The predicted molar refractivity (Wildman–Crippen MR) is 101 cm³/mol. The number of amides is 1. The summed E-state index contributed by atoms with van der Waals surface area (Å²) in [5, 5.41) is 7.56. The summed E-state index contributed by atoms with van der Waals surface area (Å²) in [5.74, 6) is 0.739. The van der Waals surface area contributed by atoms with Gasteiger partial charge >= 0.3 is 0 Å². The first-order valence-corrected chi connectivity index (χ1v) is 8.70. The van der Waals surface area contributed by atoms with E-state index >= 15 is 0 Å². The lowest BCUT2D eigenvalue weighted by molar-refractivity contribution is -0.121. The number of nitrogens with zero attached hydrogens (tertiary/aromatic N) is 2. The summed E-state index contributed by atoms with van der Waals surface area (Å²) in [4.78, 5) is 12.1. The number of carbonyl (C=O) groups is 1. The van der Waals surface area contributed by atoms with Gasteiger partial charge in [-0.05, 0) is 38.1 Å². The molecule has 0 saturated carbocycles. The normalized spacial score (nSPS) is 10.5. The second kappa shape index (κ2) is 8.34. The fourth-order valence-electron chi connectivity index (χ4n) is 2.81. The van der Waals surface area contributed by atoms with E-state index in [2.05, 4.69) is 10.4 Å². The zero-order chi connectivity index (χ0) is 18.4. The molecule has 0 bridgehead atoms. The highest BCUT2D eigenvalue weighted by molar-refractivity contribution is 5.76. The molecule has 1 amide bonds. The van der Waals surface area contributed by atoms with Gasteiger partial charge in [-0.15, -0.1) is 0 Å². The SMILES string of the molecule is Cc1nn(-c2ccccc2)c(C)c1CNC(=O)CCOc1ccccc1. The lowest BCUT2D eigenvalue weighted by atomic mass is 10.2. The van der Waals surface area contributed by atoms with Crippen molar-refractivity contribution in [2.24, 2.45) is 0 Å². The summed E-state index contributed by atoms with van der Waals surface area (Å²) in [6, 6.07) is 19.5. The Morgan fingerprint density at radius 3 is 2.38 bits per heavy atom. The van der Waals surface area contributed by atoms with E-state index in [1.807, 2.05) is 79.2 Å². The molecule has 0 radical (unpaired) electrons. The number of carbonyl (C=O) groups excluding carboxylic acids is 1. The van der Waals surface area contributed by atoms with E-state index < -0.39 is 0 Å². The number of aromatic nitrogens is 2. The first kappa shape index (κ1) is 17.7. The van der Waals surface area contributed by atoms with E-state index in [1.54, 1.807) is 0 Å². The third-order valence-corrected chi connectivity index (χ3v) is 4.25. The van der Waals surface area contributed by atoms with Gasteiger partial charge in [0.25, 0.3) is 0 Å². The molecule has 0 saturated heterocycles. The molecule has 2 aromatic carbocycles. The molecular weight excluding hydrogens is 326 g/mol. The van der Waals surface area contributed by atoms with Crippen LogP contribution < -0.4 is 10.1 Å². The van der Waals surface area contributed by atoms with Gasteiger partial charge in [0, 0.05) is 17.8 Å². The molecule has 3 rings (SSSR count). The highest BCUT2D eigenvalue weighted by Crippen LogP contribution is 2.17. The molecule has 0 spiro atoms. The van der Waals surface area contributed by atoms with Crippen LogP contribution in [0.1, 0.15) is 23.4 Å². The molecular formula is C21H23N3O2. The summed E-state index contributed by atoms with van der Waals surface area (Å²) >= 11 is 0. The number of benzene rings is 2. The molecule has 0 fully saturated rings. The van der Waals surface area contributed by atoms with Crippen LogP contribution in [0.4, 0.5) is 0 Å². The number of hydrogen-bond acceptors (Lipinski definition) is 3. The van der Waals surface area contributed by atoms with Crippen LogP contribution in [-0.4, -0.2) is 22.3 Å². The zero-order valence-corrected chi connectivity index (χ0v) is 15.1. The van der Waals surface area contributed by atoms with Gasteiger partial charge in [0.05, 0.1) is 24.4 Å². The average molecular weight is 349 g/mol. The van der Waals surface area contributed by atoms with Gasteiger partial charge in [-0.2, -0.15) is 5.10 Å². The molecule has 134 valence electrons. The van der Waals surface area contributed by atoms with Gasteiger partial charge in [-0.1, -0.05) is 36.4 Å². The molecule has 1 N–H and O–H groups in total. The van der Waals surface area contributed by atoms with Crippen LogP contribution >= 0.6 is 0 Å². The molecule has 26 heavy (non-hydrogen) atoms. The maximum Gasteiger partial charge on any atom is 0.223 e. The highest BCUT2D eigenvalue weighted by atomic mass is 16.5. The molecule has 0 atom stereocenters. The Bertz CT molecular complexity index is 858. The Kier molecular flexibility index (Phi) is 5.69. The van der Waals surface area contributed by atoms with Crippen molar-refractivity contribution < 1.29 is 9.53 Å². The zero-order valence-electron chi connectivity index (χ0n) is 15.1. The largest absolute Gasteiger partial charge is 0.493 e. The van der Waals surface area contributed by atoms with Gasteiger partial charge in [0.15, 0.2) is 0 Å². The molecule has 1 heterocycles. The maximum absolute atomic E-state index is 12.1. The fraction of sp³-hybridized carbons (Fsp3) is 0.238. The monoisotopic (exact) mass is 349 g/mol. The van der Waals surface area contributed by atoms with Crippen molar-refractivity contribution in [3.8, 4) is 11.4 Å². The van der Waals surface area contributed by atoms with Gasteiger partial charge in [0.1, 0.15) is 5.75 Å². The number of rotatable bonds is 7. The Morgan fingerprint density at radius 1 is 1.04 bits per heavy atom. The third-order valence-electron chi connectivity index (χ3n) is 4.25. The molecule has 5 nitrogen and oxygen atoms in total. The summed E-state index contributed by atoms with van der Waals surface area (Å²) < 4.78 is 7.47. The number of hydrogen-bond donors (Lipinski definition) is 1. The second-order valence-electron chi connectivity index (χ2n) is 6.08. The highest BCUT2D eigenvalue weighted by Gasteiger charge is 2.13.